The predicted octanol–water partition coefficient (Wildman–Crippen LogP) is 4.43. The molecule has 1 N–H and O–H groups in total. The van der Waals surface area contributed by atoms with Crippen molar-refractivity contribution in [2.45, 2.75) is 6.92 Å². The maximum atomic E-state index is 11.4. The Balaban J connectivity index is 1.92. The molecule has 0 spiro atoms. The van der Waals surface area contributed by atoms with Crippen molar-refractivity contribution < 1.29 is 9.72 Å². The number of rotatable bonds is 5. The van der Waals surface area contributed by atoms with E-state index in [2.05, 4.69) is 15.4 Å². The van der Waals surface area contributed by atoms with Gasteiger partial charge in [0.15, 0.2) is 11.6 Å². The number of aromatic nitrogens is 3. The molecule has 0 saturated carbocycles. The molecule has 8 nitrogen and oxygen atoms in total. The van der Waals surface area contributed by atoms with Crippen molar-refractivity contribution in [1.29, 1.82) is 0 Å². The number of ketones is 1. The van der Waals surface area contributed by atoms with Gasteiger partial charge in [-0.3, -0.25) is 14.9 Å². The third-order valence-corrected chi connectivity index (χ3v) is 3.95. The molecule has 26 heavy (non-hydrogen) atoms. The van der Waals surface area contributed by atoms with Crippen LogP contribution in [0.25, 0.3) is 5.82 Å². The van der Waals surface area contributed by atoms with Crippen LogP contribution in [0.3, 0.4) is 0 Å². The zero-order chi connectivity index (χ0) is 18.8. The van der Waals surface area contributed by atoms with Crippen LogP contribution < -0.4 is 5.32 Å². The Kier molecular flexibility index (Phi) is 4.88. The molecule has 0 aliphatic heterocycles. The Bertz CT molecular complexity index is 1020. The Labute approximate surface area is 157 Å². The zero-order valence-corrected chi connectivity index (χ0v) is 14.8. The van der Waals surface area contributed by atoms with E-state index in [-0.39, 0.29) is 22.7 Å². The number of carbonyl (C=O) groups is 1. The van der Waals surface area contributed by atoms with Gasteiger partial charge in [-0.25, -0.2) is 9.67 Å². The summed E-state index contributed by atoms with van der Waals surface area (Å²) in [6.07, 6.45) is 4.48. The summed E-state index contributed by atoms with van der Waals surface area (Å²) >= 11 is 11.9. The Morgan fingerprint density at radius 1 is 1.27 bits per heavy atom. The average Bonchev–Trinajstić information content (AvgIpc) is 3.03. The number of hydrogen-bond acceptors (Lipinski definition) is 6. The molecule has 0 amide bonds. The molecule has 2 aromatic heterocycles. The highest BCUT2D eigenvalue weighted by Gasteiger charge is 2.17. The lowest BCUT2D eigenvalue weighted by molar-refractivity contribution is -0.383. The highest BCUT2D eigenvalue weighted by Crippen LogP contribution is 2.29. The first kappa shape index (κ1) is 17.8. The van der Waals surface area contributed by atoms with E-state index in [4.69, 9.17) is 23.2 Å². The monoisotopic (exact) mass is 391 g/mol. The van der Waals surface area contributed by atoms with Gasteiger partial charge in [0.1, 0.15) is 5.69 Å². The van der Waals surface area contributed by atoms with Crippen LogP contribution in [0, 0.1) is 10.1 Å². The SMILES string of the molecule is CC(=O)c1ccc(Nc2cnn(-c3ncc(Cl)cc3Cl)c2)c([N+](=O)[O-])c1. The second-order valence-corrected chi connectivity index (χ2v) is 6.15. The number of nitrogens with one attached hydrogen (secondary N) is 1. The van der Waals surface area contributed by atoms with Gasteiger partial charge in [0.05, 0.1) is 33.0 Å². The summed E-state index contributed by atoms with van der Waals surface area (Å²) in [4.78, 5) is 26.3. The molecule has 3 rings (SSSR count). The fourth-order valence-corrected chi connectivity index (χ4v) is 2.71. The summed E-state index contributed by atoms with van der Waals surface area (Å²) in [5, 5.41) is 19.0. The lowest BCUT2D eigenvalue weighted by Crippen LogP contribution is -2.00. The molecule has 0 radical (unpaired) electrons. The summed E-state index contributed by atoms with van der Waals surface area (Å²) in [7, 11) is 0. The molecule has 3 aromatic rings. The minimum atomic E-state index is -0.559. The number of Topliss-reactive ketones (excluding diaryl/α,β-unsaturated/α-hetero) is 1. The van der Waals surface area contributed by atoms with Crippen molar-refractivity contribution in [3.63, 3.8) is 0 Å². The Hall–Kier alpha value is -2.97. The van der Waals surface area contributed by atoms with Crippen molar-refractivity contribution >= 4 is 46.0 Å². The molecule has 0 unspecified atom stereocenters. The highest BCUT2D eigenvalue weighted by atomic mass is 35.5. The molecule has 0 fully saturated rings. The van der Waals surface area contributed by atoms with Crippen LogP contribution in [0.5, 0.6) is 0 Å². The smallest absolute Gasteiger partial charge is 0.293 e. The number of benzene rings is 1. The second kappa shape index (κ2) is 7.11. The van der Waals surface area contributed by atoms with Crippen LogP contribution in [0.15, 0.2) is 42.9 Å². The molecule has 0 saturated heterocycles. The zero-order valence-electron chi connectivity index (χ0n) is 13.3. The van der Waals surface area contributed by atoms with Crippen molar-refractivity contribution in [3.05, 3.63) is 68.6 Å². The Morgan fingerprint density at radius 2 is 2.04 bits per heavy atom. The minimum Gasteiger partial charge on any atom is -0.347 e. The Morgan fingerprint density at radius 3 is 2.69 bits per heavy atom. The quantitative estimate of drug-likeness (QED) is 0.392. The van der Waals surface area contributed by atoms with Crippen LogP contribution in [-0.4, -0.2) is 25.5 Å². The number of nitro benzene ring substituents is 1. The van der Waals surface area contributed by atoms with E-state index in [1.54, 1.807) is 6.20 Å². The first-order valence-corrected chi connectivity index (χ1v) is 8.03. The molecule has 0 bridgehead atoms. The van der Waals surface area contributed by atoms with Crippen molar-refractivity contribution in [2.75, 3.05) is 5.32 Å². The maximum absolute atomic E-state index is 11.4. The largest absolute Gasteiger partial charge is 0.347 e. The van der Waals surface area contributed by atoms with E-state index in [1.807, 2.05) is 0 Å². The lowest BCUT2D eigenvalue weighted by atomic mass is 10.1. The molecule has 132 valence electrons. The fourth-order valence-electron chi connectivity index (χ4n) is 2.24. The van der Waals surface area contributed by atoms with Crippen LogP contribution in [-0.2, 0) is 0 Å². The average molecular weight is 392 g/mol. The van der Waals surface area contributed by atoms with Crippen LogP contribution >= 0.6 is 23.2 Å². The number of pyridine rings is 1. The molecular weight excluding hydrogens is 381 g/mol. The first-order chi connectivity index (χ1) is 12.3. The summed E-state index contributed by atoms with van der Waals surface area (Å²) in [6.45, 7) is 1.35. The van der Waals surface area contributed by atoms with Gasteiger partial charge < -0.3 is 5.32 Å². The van der Waals surface area contributed by atoms with Gasteiger partial charge in [-0.2, -0.15) is 5.10 Å². The number of hydrogen-bond donors (Lipinski definition) is 1. The van der Waals surface area contributed by atoms with Crippen molar-refractivity contribution in [2.24, 2.45) is 0 Å². The second-order valence-electron chi connectivity index (χ2n) is 5.30. The van der Waals surface area contributed by atoms with Gasteiger partial charge in [0.25, 0.3) is 5.69 Å². The minimum absolute atomic E-state index is 0.215. The van der Waals surface area contributed by atoms with Gasteiger partial charge in [-0.1, -0.05) is 23.2 Å². The lowest BCUT2D eigenvalue weighted by Gasteiger charge is -2.06. The molecule has 0 atom stereocenters. The first-order valence-electron chi connectivity index (χ1n) is 7.27. The van der Waals surface area contributed by atoms with E-state index in [0.717, 1.165) is 0 Å². The molecule has 2 heterocycles. The van der Waals surface area contributed by atoms with E-state index in [9.17, 15) is 14.9 Å². The van der Waals surface area contributed by atoms with Crippen LogP contribution in [0.4, 0.5) is 17.1 Å². The molecule has 10 heteroatoms. The predicted molar refractivity (Wildman–Crippen MR) is 97.8 cm³/mol. The summed E-state index contributed by atoms with van der Waals surface area (Å²) in [5.41, 5.74) is 0.759. The number of anilines is 2. The maximum Gasteiger partial charge on any atom is 0.293 e. The van der Waals surface area contributed by atoms with Gasteiger partial charge in [-0.05, 0) is 25.1 Å². The van der Waals surface area contributed by atoms with E-state index < -0.39 is 4.92 Å². The van der Waals surface area contributed by atoms with Gasteiger partial charge >= 0.3 is 0 Å². The topological polar surface area (TPSA) is 103 Å². The molecule has 1 aromatic carbocycles. The van der Waals surface area contributed by atoms with E-state index in [0.29, 0.717) is 21.6 Å². The van der Waals surface area contributed by atoms with E-state index >= 15 is 0 Å². The molecule has 0 aliphatic carbocycles. The van der Waals surface area contributed by atoms with Crippen molar-refractivity contribution in [3.8, 4) is 5.82 Å². The third-order valence-electron chi connectivity index (χ3n) is 3.47. The molecular formula is C16H11Cl2N5O3. The van der Waals surface area contributed by atoms with Gasteiger partial charge in [0.2, 0.25) is 0 Å². The number of nitro groups is 1. The number of carbonyl (C=O) groups excluding carboxylic acids is 1. The number of halogens is 2. The van der Waals surface area contributed by atoms with Crippen molar-refractivity contribution in [1.82, 2.24) is 14.8 Å². The van der Waals surface area contributed by atoms with Gasteiger partial charge in [0, 0.05) is 17.8 Å². The van der Waals surface area contributed by atoms with Crippen LogP contribution in [0.2, 0.25) is 10.0 Å². The normalized spacial score (nSPS) is 10.6. The molecule has 0 aliphatic rings. The fraction of sp³-hybridized carbons (Fsp3) is 0.0625. The summed E-state index contributed by atoms with van der Waals surface area (Å²) < 4.78 is 1.41. The van der Waals surface area contributed by atoms with Gasteiger partial charge in [-0.15, -0.1) is 0 Å². The van der Waals surface area contributed by atoms with E-state index in [1.165, 1.54) is 48.3 Å². The summed E-state index contributed by atoms with van der Waals surface area (Å²) in [6, 6.07) is 5.75. The number of nitrogens with zero attached hydrogens (tertiary/aromatic N) is 4. The summed E-state index contributed by atoms with van der Waals surface area (Å²) in [5.74, 6) is 0.112. The third kappa shape index (κ3) is 3.66. The highest BCUT2D eigenvalue weighted by molar-refractivity contribution is 6.35. The standard InChI is InChI=1S/C16H11Cl2N5O3/c1-9(24)10-2-3-14(15(4-10)23(25)26)21-12-7-20-22(8-12)16-13(18)5-11(17)6-19-16/h2-8,21H,1H3. The van der Waals surface area contributed by atoms with Crippen LogP contribution in [0.1, 0.15) is 17.3 Å².